The summed E-state index contributed by atoms with van der Waals surface area (Å²) in [6, 6.07) is 11.9. The lowest BCUT2D eigenvalue weighted by atomic mass is 10.1. The lowest BCUT2D eigenvalue weighted by Crippen LogP contribution is -2.29. The lowest BCUT2D eigenvalue weighted by Gasteiger charge is -2.15. The van der Waals surface area contributed by atoms with E-state index < -0.39 is 0 Å². The summed E-state index contributed by atoms with van der Waals surface area (Å²) in [6.07, 6.45) is 0. The first-order valence-corrected chi connectivity index (χ1v) is 6.77. The van der Waals surface area contributed by atoms with Gasteiger partial charge in [-0.05, 0) is 35.9 Å². The van der Waals surface area contributed by atoms with Crippen molar-refractivity contribution in [2.75, 3.05) is 7.11 Å². The molecule has 0 radical (unpaired) electrons. The van der Waals surface area contributed by atoms with Gasteiger partial charge in [-0.1, -0.05) is 23.7 Å². The standard InChI is InChI=1S/C16H12ClNO3/c1-21-11-6-7-14(17)10(8-11)9-18-15(19)12-4-2-3-5-13(12)16(18)20/h2-8H,9H2,1H3. The van der Waals surface area contributed by atoms with Crippen LogP contribution in [0, 0.1) is 0 Å². The normalized spacial score (nSPS) is 13.5. The summed E-state index contributed by atoms with van der Waals surface area (Å²) in [7, 11) is 1.55. The van der Waals surface area contributed by atoms with E-state index in [2.05, 4.69) is 0 Å². The number of hydrogen-bond donors (Lipinski definition) is 0. The Balaban J connectivity index is 1.94. The Morgan fingerprint density at radius 3 is 2.24 bits per heavy atom. The molecule has 2 amide bonds. The number of benzene rings is 2. The number of ether oxygens (including phenoxy) is 1. The maximum atomic E-state index is 12.3. The molecule has 21 heavy (non-hydrogen) atoms. The highest BCUT2D eigenvalue weighted by molar-refractivity contribution is 6.31. The second kappa shape index (κ2) is 5.22. The molecule has 106 valence electrons. The molecule has 0 unspecified atom stereocenters. The zero-order chi connectivity index (χ0) is 15.0. The van der Waals surface area contributed by atoms with Gasteiger partial charge in [0, 0.05) is 5.02 Å². The van der Waals surface area contributed by atoms with E-state index in [4.69, 9.17) is 16.3 Å². The molecule has 2 aromatic rings. The number of halogens is 1. The van der Waals surface area contributed by atoms with Crippen LogP contribution in [0.5, 0.6) is 5.75 Å². The van der Waals surface area contributed by atoms with Crippen LogP contribution in [0.3, 0.4) is 0 Å². The maximum absolute atomic E-state index is 12.3. The van der Waals surface area contributed by atoms with Crippen molar-refractivity contribution in [2.45, 2.75) is 6.54 Å². The molecule has 3 rings (SSSR count). The fraction of sp³-hybridized carbons (Fsp3) is 0.125. The molecule has 4 nitrogen and oxygen atoms in total. The average molecular weight is 302 g/mol. The number of carbonyl (C=O) groups excluding carboxylic acids is 2. The van der Waals surface area contributed by atoms with Crippen LogP contribution in [0.15, 0.2) is 42.5 Å². The molecule has 0 aliphatic carbocycles. The van der Waals surface area contributed by atoms with Crippen LogP contribution in [-0.2, 0) is 6.54 Å². The number of imide groups is 1. The molecule has 0 spiro atoms. The van der Waals surface area contributed by atoms with Gasteiger partial charge in [0.1, 0.15) is 5.75 Å². The molecular formula is C16H12ClNO3. The minimum Gasteiger partial charge on any atom is -0.497 e. The van der Waals surface area contributed by atoms with Crippen molar-refractivity contribution in [1.82, 2.24) is 4.90 Å². The monoisotopic (exact) mass is 301 g/mol. The number of hydrogen-bond acceptors (Lipinski definition) is 3. The zero-order valence-corrected chi connectivity index (χ0v) is 12.1. The van der Waals surface area contributed by atoms with E-state index in [1.54, 1.807) is 49.6 Å². The van der Waals surface area contributed by atoms with E-state index in [0.29, 0.717) is 27.5 Å². The molecule has 5 heteroatoms. The molecular weight excluding hydrogens is 290 g/mol. The molecule has 0 atom stereocenters. The predicted octanol–water partition coefficient (Wildman–Crippen LogP) is 3.14. The molecule has 0 saturated carbocycles. The smallest absolute Gasteiger partial charge is 0.261 e. The second-order valence-electron chi connectivity index (χ2n) is 4.70. The largest absolute Gasteiger partial charge is 0.497 e. The summed E-state index contributed by atoms with van der Waals surface area (Å²) in [4.78, 5) is 25.8. The number of nitrogens with zero attached hydrogens (tertiary/aromatic N) is 1. The predicted molar refractivity (Wildman–Crippen MR) is 78.7 cm³/mol. The lowest BCUT2D eigenvalue weighted by molar-refractivity contribution is 0.0642. The molecule has 1 aliphatic rings. The Morgan fingerprint density at radius 2 is 1.67 bits per heavy atom. The Hall–Kier alpha value is -2.33. The van der Waals surface area contributed by atoms with Gasteiger partial charge in [0.05, 0.1) is 24.8 Å². The Morgan fingerprint density at radius 1 is 1.05 bits per heavy atom. The van der Waals surface area contributed by atoms with Gasteiger partial charge in [-0.2, -0.15) is 0 Å². The van der Waals surface area contributed by atoms with Gasteiger partial charge >= 0.3 is 0 Å². The molecule has 0 saturated heterocycles. The van der Waals surface area contributed by atoms with Gasteiger partial charge < -0.3 is 4.74 Å². The molecule has 0 N–H and O–H groups in total. The van der Waals surface area contributed by atoms with Crippen molar-refractivity contribution in [3.63, 3.8) is 0 Å². The minimum atomic E-state index is -0.297. The van der Waals surface area contributed by atoms with E-state index in [9.17, 15) is 9.59 Å². The first kappa shape index (κ1) is 13.6. The Kier molecular flexibility index (Phi) is 3.39. The van der Waals surface area contributed by atoms with E-state index in [1.165, 1.54) is 4.90 Å². The van der Waals surface area contributed by atoms with Crippen molar-refractivity contribution in [3.8, 4) is 5.75 Å². The van der Waals surface area contributed by atoms with Crippen molar-refractivity contribution in [1.29, 1.82) is 0 Å². The Labute approximate surface area is 126 Å². The summed E-state index contributed by atoms with van der Waals surface area (Å²) >= 11 is 6.13. The third-order valence-corrected chi connectivity index (χ3v) is 3.83. The van der Waals surface area contributed by atoms with Gasteiger partial charge in [0.2, 0.25) is 0 Å². The summed E-state index contributed by atoms with van der Waals surface area (Å²) in [6.45, 7) is 0.127. The first-order valence-electron chi connectivity index (χ1n) is 6.39. The molecule has 1 aliphatic heterocycles. The first-order chi connectivity index (χ1) is 10.1. The number of rotatable bonds is 3. The van der Waals surface area contributed by atoms with E-state index in [0.717, 1.165) is 0 Å². The molecule has 0 fully saturated rings. The Bertz CT molecular complexity index is 707. The van der Waals surface area contributed by atoms with Gasteiger partial charge in [-0.25, -0.2) is 0 Å². The fourth-order valence-electron chi connectivity index (χ4n) is 2.35. The highest BCUT2D eigenvalue weighted by Crippen LogP contribution is 2.28. The van der Waals surface area contributed by atoms with Crippen LogP contribution in [0.1, 0.15) is 26.3 Å². The van der Waals surface area contributed by atoms with Crippen molar-refractivity contribution < 1.29 is 14.3 Å². The second-order valence-corrected chi connectivity index (χ2v) is 5.11. The molecule has 0 aromatic heterocycles. The van der Waals surface area contributed by atoms with Crippen LogP contribution >= 0.6 is 11.6 Å². The number of methoxy groups -OCH3 is 1. The van der Waals surface area contributed by atoms with Crippen molar-refractivity contribution >= 4 is 23.4 Å². The third kappa shape index (κ3) is 2.28. The van der Waals surface area contributed by atoms with Crippen LogP contribution in [0.25, 0.3) is 0 Å². The van der Waals surface area contributed by atoms with Crippen LogP contribution in [0.4, 0.5) is 0 Å². The van der Waals surface area contributed by atoms with Gasteiger partial charge in [0.25, 0.3) is 11.8 Å². The quantitative estimate of drug-likeness (QED) is 0.818. The van der Waals surface area contributed by atoms with Crippen LogP contribution < -0.4 is 4.74 Å². The average Bonchev–Trinajstić information content (AvgIpc) is 2.75. The van der Waals surface area contributed by atoms with Gasteiger partial charge in [0.15, 0.2) is 0 Å². The van der Waals surface area contributed by atoms with Gasteiger partial charge in [-0.3, -0.25) is 14.5 Å². The highest BCUT2D eigenvalue weighted by Gasteiger charge is 2.35. The highest BCUT2D eigenvalue weighted by atomic mass is 35.5. The third-order valence-electron chi connectivity index (χ3n) is 3.46. The SMILES string of the molecule is COc1ccc(Cl)c(CN2C(=O)c3ccccc3C2=O)c1. The number of carbonyl (C=O) groups is 2. The zero-order valence-electron chi connectivity index (χ0n) is 11.3. The van der Waals surface area contributed by atoms with E-state index in [-0.39, 0.29) is 18.4 Å². The number of amides is 2. The summed E-state index contributed by atoms with van der Waals surface area (Å²) in [5.74, 6) is 0.0370. The van der Waals surface area contributed by atoms with Crippen LogP contribution in [0.2, 0.25) is 5.02 Å². The van der Waals surface area contributed by atoms with Gasteiger partial charge in [-0.15, -0.1) is 0 Å². The number of fused-ring (bicyclic) bond motifs is 1. The fourth-order valence-corrected chi connectivity index (χ4v) is 2.53. The summed E-state index contributed by atoms with van der Waals surface area (Å²) < 4.78 is 5.14. The van der Waals surface area contributed by atoms with Crippen molar-refractivity contribution in [3.05, 3.63) is 64.2 Å². The topological polar surface area (TPSA) is 46.6 Å². The molecule has 0 bridgehead atoms. The maximum Gasteiger partial charge on any atom is 0.261 e. The summed E-state index contributed by atoms with van der Waals surface area (Å²) in [5, 5.41) is 0.493. The minimum absolute atomic E-state index is 0.127. The molecule has 2 aromatic carbocycles. The molecule has 1 heterocycles. The van der Waals surface area contributed by atoms with E-state index in [1.807, 2.05) is 0 Å². The summed E-state index contributed by atoms with van der Waals surface area (Å²) in [5.41, 5.74) is 1.54. The van der Waals surface area contributed by atoms with E-state index >= 15 is 0 Å². The van der Waals surface area contributed by atoms with Crippen molar-refractivity contribution in [2.24, 2.45) is 0 Å². The van der Waals surface area contributed by atoms with Crippen LogP contribution in [-0.4, -0.2) is 23.8 Å².